The molecule has 2 heterocycles. The lowest BCUT2D eigenvalue weighted by atomic mass is 10.1. The largest absolute Gasteiger partial charge is 0.381 e. The van der Waals surface area contributed by atoms with E-state index in [0.717, 1.165) is 26.1 Å². The highest BCUT2D eigenvalue weighted by Gasteiger charge is 2.24. The molecule has 86 valence electrons. The van der Waals surface area contributed by atoms with Gasteiger partial charge in [-0.3, -0.25) is 5.32 Å². The molecular weight excluding hydrogens is 210 g/mol. The van der Waals surface area contributed by atoms with Crippen molar-refractivity contribution in [3.05, 3.63) is 11.2 Å². The summed E-state index contributed by atoms with van der Waals surface area (Å²) in [5, 5.41) is 7.81. The normalized spacial score (nSPS) is 27.3. The molecule has 5 heteroatoms. The summed E-state index contributed by atoms with van der Waals surface area (Å²) < 4.78 is 5.37. The van der Waals surface area contributed by atoms with E-state index in [4.69, 9.17) is 4.74 Å². The summed E-state index contributed by atoms with van der Waals surface area (Å²) in [6.07, 6.45) is 4.37. The van der Waals surface area contributed by atoms with Crippen molar-refractivity contribution in [2.45, 2.75) is 24.4 Å². The van der Waals surface area contributed by atoms with E-state index in [1.807, 2.05) is 18.8 Å². The highest BCUT2D eigenvalue weighted by molar-refractivity contribution is 8.03. The number of thioether (sulfide) groups is 1. The first-order valence-corrected chi connectivity index (χ1v) is 6.30. The van der Waals surface area contributed by atoms with Crippen molar-refractivity contribution in [3.63, 3.8) is 0 Å². The molecular formula is C10H19N3OS. The Morgan fingerprint density at radius 1 is 1.53 bits per heavy atom. The van der Waals surface area contributed by atoms with Gasteiger partial charge in [-0.15, -0.1) is 0 Å². The van der Waals surface area contributed by atoms with E-state index in [9.17, 15) is 0 Å². The first kappa shape index (κ1) is 11.1. The lowest BCUT2D eigenvalue weighted by molar-refractivity contribution is 0.0549. The second kappa shape index (κ2) is 5.09. The zero-order valence-corrected chi connectivity index (χ0v) is 10.1. The molecule has 0 aromatic heterocycles. The van der Waals surface area contributed by atoms with Gasteiger partial charge in [0.1, 0.15) is 5.50 Å². The molecule has 0 aromatic rings. The van der Waals surface area contributed by atoms with Gasteiger partial charge < -0.3 is 15.0 Å². The summed E-state index contributed by atoms with van der Waals surface area (Å²) in [6, 6.07) is 0.634. The molecule has 2 aliphatic heterocycles. The van der Waals surface area contributed by atoms with Crippen LogP contribution in [-0.4, -0.2) is 43.7 Å². The number of nitrogens with one attached hydrogen (secondary N) is 2. The summed E-state index contributed by atoms with van der Waals surface area (Å²) in [6.45, 7) is 1.80. The van der Waals surface area contributed by atoms with Gasteiger partial charge in [0.2, 0.25) is 0 Å². The number of hydrogen-bond acceptors (Lipinski definition) is 5. The van der Waals surface area contributed by atoms with Crippen LogP contribution in [0.5, 0.6) is 0 Å². The van der Waals surface area contributed by atoms with E-state index < -0.39 is 0 Å². The SMILES string of the molecule is CNC1NC=C(N(C)C2CCOCC2)S1. The Hall–Kier alpha value is -0.390. The Labute approximate surface area is 95.4 Å². The predicted molar refractivity (Wildman–Crippen MR) is 63.3 cm³/mol. The molecule has 0 spiro atoms. The van der Waals surface area contributed by atoms with Gasteiger partial charge in [-0.25, -0.2) is 0 Å². The standard InChI is InChI=1S/C10H19N3OS/c1-11-10-12-7-9(15-10)13(2)8-3-5-14-6-4-8/h7-8,10-12H,3-6H2,1-2H3. The van der Waals surface area contributed by atoms with Gasteiger partial charge in [0, 0.05) is 32.5 Å². The highest BCUT2D eigenvalue weighted by atomic mass is 32.2. The highest BCUT2D eigenvalue weighted by Crippen LogP contribution is 2.29. The van der Waals surface area contributed by atoms with Gasteiger partial charge in [0.25, 0.3) is 0 Å². The minimum atomic E-state index is 0.322. The van der Waals surface area contributed by atoms with Crippen LogP contribution >= 0.6 is 11.8 Å². The van der Waals surface area contributed by atoms with Crippen LogP contribution in [0, 0.1) is 0 Å². The molecule has 2 rings (SSSR count). The summed E-state index contributed by atoms with van der Waals surface area (Å²) >= 11 is 1.84. The van der Waals surface area contributed by atoms with E-state index in [2.05, 4.69) is 28.8 Å². The molecule has 2 N–H and O–H groups in total. The molecule has 0 aromatic carbocycles. The van der Waals surface area contributed by atoms with E-state index >= 15 is 0 Å². The van der Waals surface area contributed by atoms with E-state index in [-0.39, 0.29) is 0 Å². The van der Waals surface area contributed by atoms with Crippen LogP contribution in [0.25, 0.3) is 0 Å². The molecule has 1 atom stereocenters. The van der Waals surface area contributed by atoms with Crippen LogP contribution in [0.2, 0.25) is 0 Å². The molecule has 1 saturated heterocycles. The maximum absolute atomic E-state index is 5.37. The van der Waals surface area contributed by atoms with E-state index in [1.54, 1.807) is 0 Å². The molecule has 15 heavy (non-hydrogen) atoms. The topological polar surface area (TPSA) is 36.5 Å². The van der Waals surface area contributed by atoms with Gasteiger partial charge in [-0.05, 0) is 19.9 Å². The molecule has 2 aliphatic rings. The van der Waals surface area contributed by atoms with Crippen molar-refractivity contribution in [2.24, 2.45) is 0 Å². The number of ether oxygens (including phenoxy) is 1. The number of nitrogens with zero attached hydrogens (tertiary/aromatic N) is 1. The minimum absolute atomic E-state index is 0.322. The van der Waals surface area contributed by atoms with E-state index in [0.29, 0.717) is 11.5 Å². The fourth-order valence-electron chi connectivity index (χ4n) is 1.92. The Bertz CT molecular complexity index is 241. The molecule has 0 saturated carbocycles. The van der Waals surface area contributed by atoms with E-state index in [1.165, 1.54) is 5.03 Å². The average Bonchev–Trinajstić information content (AvgIpc) is 2.78. The molecule has 0 bridgehead atoms. The van der Waals surface area contributed by atoms with Gasteiger partial charge in [-0.1, -0.05) is 11.8 Å². The van der Waals surface area contributed by atoms with Crippen molar-refractivity contribution < 1.29 is 4.74 Å². The summed E-state index contributed by atoms with van der Waals surface area (Å²) in [5.74, 6) is 0. The maximum Gasteiger partial charge on any atom is 0.131 e. The zero-order valence-electron chi connectivity index (χ0n) is 9.32. The Morgan fingerprint density at radius 3 is 2.87 bits per heavy atom. The maximum atomic E-state index is 5.37. The third kappa shape index (κ3) is 2.59. The minimum Gasteiger partial charge on any atom is -0.381 e. The molecule has 0 radical (unpaired) electrons. The molecule has 1 unspecified atom stereocenters. The molecule has 1 fully saturated rings. The third-order valence-corrected chi connectivity index (χ3v) is 4.20. The smallest absolute Gasteiger partial charge is 0.131 e. The Kier molecular flexibility index (Phi) is 3.77. The summed E-state index contributed by atoms with van der Waals surface area (Å²) in [5.41, 5.74) is 0.322. The van der Waals surface area contributed by atoms with Crippen molar-refractivity contribution in [1.29, 1.82) is 0 Å². The monoisotopic (exact) mass is 229 g/mol. The van der Waals surface area contributed by atoms with Crippen molar-refractivity contribution >= 4 is 11.8 Å². The lowest BCUT2D eigenvalue weighted by Crippen LogP contribution is -2.35. The van der Waals surface area contributed by atoms with Gasteiger partial charge in [0.15, 0.2) is 0 Å². The van der Waals surface area contributed by atoms with Crippen LogP contribution in [0.15, 0.2) is 11.2 Å². The van der Waals surface area contributed by atoms with Crippen molar-refractivity contribution in [1.82, 2.24) is 15.5 Å². The summed E-state index contributed by atoms with van der Waals surface area (Å²) in [4.78, 5) is 2.37. The van der Waals surface area contributed by atoms with Crippen LogP contribution < -0.4 is 10.6 Å². The quantitative estimate of drug-likeness (QED) is 0.746. The fourth-order valence-corrected chi connectivity index (χ4v) is 2.86. The summed E-state index contributed by atoms with van der Waals surface area (Å²) in [7, 11) is 4.14. The zero-order chi connectivity index (χ0) is 10.7. The van der Waals surface area contributed by atoms with Gasteiger partial charge in [0.05, 0.1) is 5.03 Å². The average molecular weight is 229 g/mol. The van der Waals surface area contributed by atoms with Crippen LogP contribution in [0.4, 0.5) is 0 Å². The molecule has 0 aliphatic carbocycles. The third-order valence-electron chi connectivity index (χ3n) is 2.95. The predicted octanol–water partition coefficient (Wildman–Crippen LogP) is 0.735. The second-order valence-electron chi connectivity index (χ2n) is 3.89. The number of rotatable bonds is 3. The Morgan fingerprint density at radius 2 is 2.27 bits per heavy atom. The fraction of sp³-hybridized carbons (Fsp3) is 0.800. The van der Waals surface area contributed by atoms with Gasteiger partial charge in [-0.2, -0.15) is 0 Å². The first-order valence-electron chi connectivity index (χ1n) is 5.42. The number of hydrogen-bond donors (Lipinski definition) is 2. The molecule has 0 amide bonds. The Balaban J connectivity index is 1.87. The van der Waals surface area contributed by atoms with Gasteiger partial charge >= 0.3 is 0 Å². The van der Waals surface area contributed by atoms with Crippen molar-refractivity contribution in [2.75, 3.05) is 27.3 Å². The lowest BCUT2D eigenvalue weighted by Gasteiger charge is -2.33. The molecule has 4 nitrogen and oxygen atoms in total. The van der Waals surface area contributed by atoms with Crippen LogP contribution in [-0.2, 0) is 4.74 Å². The van der Waals surface area contributed by atoms with Crippen LogP contribution in [0.3, 0.4) is 0 Å². The first-order chi connectivity index (χ1) is 7.31. The second-order valence-corrected chi connectivity index (χ2v) is 5.02. The van der Waals surface area contributed by atoms with Crippen LogP contribution in [0.1, 0.15) is 12.8 Å². The van der Waals surface area contributed by atoms with Crippen molar-refractivity contribution in [3.8, 4) is 0 Å².